The van der Waals surface area contributed by atoms with Crippen molar-refractivity contribution >= 4 is 6.08 Å². The first kappa shape index (κ1) is 20.9. The predicted octanol–water partition coefficient (Wildman–Crippen LogP) is 6.65. The molecule has 0 radical (unpaired) electrons. The molecule has 0 saturated heterocycles. The van der Waals surface area contributed by atoms with Crippen molar-refractivity contribution in [3.05, 3.63) is 89.1 Å². The fourth-order valence-electron chi connectivity index (χ4n) is 2.44. The van der Waals surface area contributed by atoms with Gasteiger partial charge in [0.25, 0.3) is 0 Å². The van der Waals surface area contributed by atoms with Crippen molar-refractivity contribution in [2.24, 2.45) is 0 Å². The van der Waals surface area contributed by atoms with Gasteiger partial charge >= 0.3 is 0 Å². The summed E-state index contributed by atoms with van der Waals surface area (Å²) in [5.41, 5.74) is 5.22. The van der Waals surface area contributed by atoms with Gasteiger partial charge in [-0.1, -0.05) is 89.6 Å². The minimum atomic E-state index is 0.145. The van der Waals surface area contributed by atoms with Crippen LogP contribution in [0.25, 0.3) is 6.08 Å². The minimum absolute atomic E-state index is 0.145. The number of aliphatic hydroxyl groups excluding tert-OH is 1. The van der Waals surface area contributed by atoms with Crippen molar-refractivity contribution < 1.29 is 5.11 Å². The molecule has 0 saturated carbocycles. The van der Waals surface area contributed by atoms with Crippen LogP contribution in [0.1, 0.15) is 52.0 Å². The third kappa shape index (κ3) is 11.1. The van der Waals surface area contributed by atoms with E-state index in [9.17, 15) is 0 Å². The fraction of sp³-hybridized carbons (Fsp3) is 0.333. The van der Waals surface area contributed by atoms with Gasteiger partial charge in [0.05, 0.1) is 6.61 Å². The lowest BCUT2D eigenvalue weighted by atomic mass is 10.1. The van der Waals surface area contributed by atoms with Crippen LogP contribution in [0.4, 0.5) is 0 Å². The Labute approximate surface area is 153 Å². The van der Waals surface area contributed by atoms with Crippen LogP contribution in [-0.4, -0.2) is 11.7 Å². The zero-order valence-electron chi connectivity index (χ0n) is 15.9. The highest BCUT2D eigenvalue weighted by Crippen LogP contribution is 2.11. The Bertz CT molecular complexity index is 627. The summed E-state index contributed by atoms with van der Waals surface area (Å²) in [6, 6.07) is 10.3. The Hall–Kier alpha value is -2.12. The van der Waals surface area contributed by atoms with E-state index >= 15 is 0 Å². The molecule has 1 aromatic carbocycles. The molecule has 0 fully saturated rings. The molecule has 1 nitrogen and oxygen atoms in total. The van der Waals surface area contributed by atoms with E-state index in [2.05, 4.69) is 81.5 Å². The Balaban J connectivity index is 2.31. The molecule has 0 aliphatic carbocycles. The van der Waals surface area contributed by atoms with Gasteiger partial charge in [-0.05, 0) is 52.0 Å². The van der Waals surface area contributed by atoms with E-state index in [0.29, 0.717) is 0 Å². The van der Waals surface area contributed by atoms with Gasteiger partial charge in [0.2, 0.25) is 0 Å². The average molecular weight is 337 g/mol. The highest BCUT2D eigenvalue weighted by Gasteiger charge is 1.92. The van der Waals surface area contributed by atoms with Crippen molar-refractivity contribution in [3.63, 3.8) is 0 Å². The average Bonchev–Trinajstić information content (AvgIpc) is 2.60. The zero-order chi connectivity index (χ0) is 18.3. The number of allylic oxidation sites excluding steroid dienone is 8. The second-order valence-electron chi connectivity index (χ2n) is 6.44. The van der Waals surface area contributed by atoms with Gasteiger partial charge < -0.3 is 5.11 Å². The molecular formula is C24H32O. The van der Waals surface area contributed by atoms with Gasteiger partial charge in [-0.3, -0.25) is 0 Å². The molecule has 0 bridgehead atoms. The first-order chi connectivity index (χ1) is 12.1. The van der Waals surface area contributed by atoms with Crippen LogP contribution in [0.2, 0.25) is 0 Å². The molecule has 0 spiro atoms. The number of benzene rings is 1. The van der Waals surface area contributed by atoms with E-state index in [-0.39, 0.29) is 6.61 Å². The van der Waals surface area contributed by atoms with Crippen LogP contribution in [0, 0.1) is 0 Å². The fourth-order valence-corrected chi connectivity index (χ4v) is 2.44. The van der Waals surface area contributed by atoms with Gasteiger partial charge in [0.1, 0.15) is 0 Å². The highest BCUT2D eigenvalue weighted by molar-refractivity contribution is 5.50. The molecule has 1 aromatic rings. The molecule has 1 heteroatoms. The number of hydrogen-bond donors (Lipinski definition) is 1. The lowest BCUT2D eigenvalue weighted by molar-refractivity contribution is 0.341. The molecule has 0 aromatic heterocycles. The topological polar surface area (TPSA) is 20.2 Å². The Morgan fingerprint density at radius 2 is 1.48 bits per heavy atom. The number of aliphatic hydroxyl groups is 1. The van der Waals surface area contributed by atoms with Gasteiger partial charge in [0.15, 0.2) is 0 Å². The third-order valence-electron chi connectivity index (χ3n) is 4.03. The molecule has 0 aliphatic heterocycles. The van der Waals surface area contributed by atoms with Gasteiger partial charge in [0, 0.05) is 0 Å². The number of rotatable bonds is 10. The lowest BCUT2D eigenvalue weighted by Gasteiger charge is -2.01. The molecule has 1 rings (SSSR count). The second-order valence-corrected chi connectivity index (χ2v) is 6.44. The Kier molecular flexibility index (Phi) is 11.0. The maximum atomic E-state index is 8.84. The molecule has 25 heavy (non-hydrogen) atoms. The summed E-state index contributed by atoms with van der Waals surface area (Å²) in [6.07, 6.45) is 19.2. The summed E-state index contributed by atoms with van der Waals surface area (Å²) in [5.74, 6) is 0. The smallest absolute Gasteiger partial charge is 0.0614 e. The first-order valence-corrected chi connectivity index (χ1v) is 9.10. The summed E-state index contributed by atoms with van der Waals surface area (Å²) in [5, 5.41) is 8.84. The van der Waals surface area contributed by atoms with Gasteiger partial charge in [-0.2, -0.15) is 0 Å². The van der Waals surface area contributed by atoms with Crippen LogP contribution in [-0.2, 0) is 0 Å². The largest absolute Gasteiger partial charge is 0.392 e. The van der Waals surface area contributed by atoms with Crippen LogP contribution < -0.4 is 0 Å². The first-order valence-electron chi connectivity index (χ1n) is 9.10. The van der Waals surface area contributed by atoms with Crippen molar-refractivity contribution in [3.8, 4) is 0 Å². The van der Waals surface area contributed by atoms with Crippen LogP contribution in [0.3, 0.4) is 0 Å². The zero-order valence-corrected chi connectivity index (χ0v) is 15.9. The maximum absolute atomic E-state index is 8.84. The van der Waals surface area contributed by atoms with Crippen molar-refractivity contribution in [2.45, 2.75) is 46.5 Å². The van der Waals surface area contributed by atoms with E-state index in [1.807, 2.05) is 12.1 Å². The summed E-state index contributed by atoms with van der Waals surface area (Å²) in [7, 11) is 0. The second kappa shape index (κ2) is 13.2. The molecule has 0 atom stereocenters. The molecular weight excluding hydrogens is 304 g/mol. The van der Waals surface area contributed by atoms with Crippen molar-refractivity contribution in [2.75, 3.05) is 6.61 Å². The van der Waals surface area contributed by atoms with Crippen LogP contribution >= 0.6 is 0 Å². The molecule has 1 N–H and O–H groups in total. The molecule has 134 valence electrons. The van der Waals surface area contributed by atoms with E-state index < -0.39 is 0 Å². The van der Waals surface area contributed by atoms with Gasteiger partial charge in [-0.15, -0.1) is 0 Å². The van der Waals surface area contributed by atoms with Crippen LogP contribution in [0.15, 0.2) is 83.5 Å². The Morgan fingerprint density at radius 3 is 2.16 bits per heavy atom. The summed E-state index contributed by atoms with van der Waals surface area (Å²) in [4.78, 5) is 0. The normalized spacial score (nSPS) is 14.0. The standard InChI is InChI=1S/C24H32O/c1-21(11-7-8-18-24-16-5-4-6-17-24)12-9-13-22(2)14-10-15-23(3)19-20-25/h4-8,11-12,14,16-19,25H,9-10,13,15,20H2,1-3H3. The monoisotopic (exact) mass is 336 g/mol. The van der Waals surface area contributed by atoms with Crippen molar-refractivity contribution in [1.29, 1.82) is 0 Å². The number of hydrogen-bond acceptors (Lipinski definition) is 1. The SMILES string of the molecule is CC(C=CC=Cc1ccccc1)=CCCC(C)=CCCC(C)=CCO. The summed E-state index contributed by atoms with van der Waals surface area (Å²) < 4.78 is 0. The molecule has 0 amide bonds. The highest BCUT2D eigenvalue weighted by atomic mass is 16.2. The van der Waals surface area contributed by atoms with E-state index in [4.69, 9.17) is 5.11 Å². The van der Waals surface area contributed by atoms with Crippen molar-refractivity contribution in [1.82, 2.24) is 0 Å². The van der Waals surface area contributed by atoms with E-state index in [1.165, 1.54) is 22.3 Å². The summed E-state index contributed by atoms with van der Waals surface area (Å²) in [6.45, 7) is 6.57. The molecule has 0 unspecified atom stereocenters. The summed E-state index contributed by atoms with van der Waals surface area (Å²) >= 11 is 0. The van der Waals surface area contributed by atoms with Gasteiger partial charge in [-0.25, -0.2) is 0 Å². The van der Waals surface area contributed by atoms with E-state index in [0.717, 1.165) is 25.7 Å². The van der Waals surface area contributed by atoms with E-state index in [1.54, 1.807) is 0 Å². The maximum Gasteiger partial charge on any atom is 0.0614 e. The quantitative estimate of drug-likeness (QED) is 0.375. The predicted molar refractivity (Wildman–Crippen MR) is 111 cm³/mol. The minimum Gasteiger partial charge on any atom is -0.392 e. The lowest BCUT2D eigenvalue weighted by Crippen LogP contribution is -1.82. The Morgan fingerprint density at radius 1 is 0.840 bits per heavy atom. The molecule has 0 heterocycles. The third-order valence-corrected chi connectivity index (χ3v) is 4.03. The van der Waals surface area contributed by atoms with Crippen LogP contribution in [0.5, 0.6) is 0 Å². The molecule has 0 aliphatic rings.